The Morgan fingerprint density at radius 2 is 2.00 bits per heavy atom. The maximum absolute atomic E-state index is 11.1. The predicted octanol–water partition coefficient (Wildman–Crippen LogP) is -0.630. The molecule has 1 rings (SSSR count). The van der Waals surface area contributed by atoms with Crippen molar-refractivity contribution in [2.45, 2.75) is 25.4 Å². The Morgan fingerprint density at radius 3 is 2.54 bits per heavy atom. The molecule has 5 nitrogen and oxygen atoms in total. The number of rotatable bonds is 2. The molecule has 0 bridgehead atoms. The van der Waals surface area contributed by atoms with E-state index in [1.54, 1.807) is 0 Å². The average molecular weight is 186 g/mol. The van der Waals surface area contributed by atoms with Gasteiger partial charge in [-0.15, -0.1) is 0 Å². The summed E-state index contributed by atoms with van der Waals surface area (Å²) >= 11 is 0. The number of aliphatic hydroxyl groups excluding tert-OH is 1. The van der Waals surface area contributed by atoms with Gasteiger partial charge in [-0.25, -0.2) is 4.79 Å². The summed E-state index contributed by atoms with van der Waals surface area (Å²) in [5, 5.41) is 17.5. The second kappa shape index (κ2) is 3.66. The van der Waals surface area contributed by atoms with E-state index in [1.807, 2.05) is 0 Å². The van der Waals surface area contributed by atoms with Crippen molar-refractivity contribution in [2.24, 2.45) is 5.92 Å². The summed E-state index contributed by atoms with van der Waals surface area (Å²) in [6.45, 7) is 0. The highest BCUT2D eigenvalue weighted by Crippen LogP contribution is 2.21. The standard InChI is InChI=1S/C8H10O5/c9-4-1-2-6(10)5(3-4)7(11)8(12)13/h5,7,11H,1-3H2,(H,12,13)/t5-,7+/m0/s1. The average Bonchev–Trinajstić information content (AvgIpc) is 2.08. The Balaban J connectivity index is 2.71. The molecule has 1 aliphatic carbocycles. The van der Waals surface area contributed by atoms with E-state index >= 15 is 0 Å². The van der Waals surface area contributed by atoms with Crippen LogP contribution in [0.15, 0.2) is 0 Å². The molecule has 0 amide bonds. The van der Waals surface area contributed by atoms with Crippen LogP contribution in [0.25, 0.3) is 0 Å². The molecule has 0 aromatic carbocycles. The summed E-state index contributed by atoms with van der Waals surface area (Å²) in [5.74, 6) is -2.99. The minimum Gasteiger partial charge on any atom is -0.479 e. The lowest BCUT2D eigenvalue weighted by atomic mass is 9.83. The summed E-state index contributed by atoms with van der Waals surface area (Å²) in [7, 11) is 0. The van der Waals surface area contributed by atoms with Gasteiger partial charge in [-0.3, -0.25) is 9.59 Å². The number of carbonyl (C=O) groups excluding carboxylic acids is 2. The minimum absolute atomic E-state index is 0.0494. The fourth-order valence-electron chi connectivity index (χ4n) is 1.37. The molecule has 0 unspecified atom stereocenters. The van der Waals surface area contributed by atoms with Gasteiger partial charge in [0, 0.05) is 19.3 Å². The second-order valence-electron chi connectivity index (χ2n) is 3.10. The zero-order chi connectivity index (χ0) is 10.0. The molecule has 0 radical (unpaired) electrons. The third-order valence-electron chi connectivity index (χ3n) is 2.15. The lowest BCUT2D eigenvalue weighted by Crippen LogP contribution is -2.38. The van der Waals surface area contributed by atoms with Gasteiger partial charge in [-0.05, 0) is 0 Å². The van der Waals surface area contributed by atoms with Gasteiger partial charge in [-0.2, -0.15) is 0 Å². The van der Waals surface area contributed by atoms with Crippen LogP contribution < -0.4 is 0 Å². The normalized spacial score (nSPS) is 25.8. The maximum atomic E-state index is 11.1. The predicted molar refractivity (Wildman–Crippen MR) is 41.0 cm³/mol. The van der Waals surface area contributed by atoms with Crippen molar-refractivity contribution in [3.05, 3.63) is 0 Å². The van der Waals surface area contributed by atoms with Crippen molar-refractivity contribution in [3.63, 3.8) is 0 Å². The van der Waals surface area contributed by atoms with Crippen LogP contribution in [-0.2, 0) is 14.4 Å². The summed E-state index contributed by atoms with van der Waals surface area (Å²) in [6, 6.07) is 0. The Kier molecular flexibility index (Phi) is 2.77. The molecule has 2 N–H and O–H groups in total. The Bertz CT molecular complexity index is 255. The van der Waals surface area contributed by atoms with Crippen LogP contribution in [0, 0.1) is 5.92 Å². The molecule has 0 spiro atoms. The van der Waals surface area contributed by atoms with Gasteiger partial charge >= 0.3 is 5.97 Å². The van der Waals surface area contributed by atoms with Crippen molar-refractivity contribution in [1.29, 1.82) is 0 Å². The first-order valence-corrected chi connectivity index (χ1v) is 3.97. The quantitative estimate of drug-likeness (QED) is 0.599. The first kappa shape index (κ1) is 9.85. The number of Topliss-reactive ketones (excluding diaryl/α,β-unsaturated/α-hetero) is 2. The molecule has 0 aromatic heterocycles. The van der Waals surface area contributed by atoms with E-state index in [0.29, 0.717) is 0 Å². The van der Waals surface area contributed by atoms with Crippen LogP contribution in [0.1, 0.15) is 19.3 Å². The van der Waals surface area contributed by atoms with Crippen LogP contribution in [0.2, 0.25) is 0 Å². The smallest absolute Gasteiger partial charge is 0.333 e. The molecular weight excluding hydrogens is 176 g/mol. The van der Waals surface area contributed by atoms with E-state index in [0.717, 1.165) is 0 Å². The molecular formula is C8H10O5. The highest BCUT2D eigenvalue weighted by atomic mass is 16.4. The van der Waals surface area contributed by atoms with Gasteiger partial charge < -0.3 is 10.2 Å². The molecule has 2 atom stereocenters. The lowest BCUT2D eigenvalue weighted by Gasteiger charge is -2.21. The topological polar surface area (TPSA) is 91.7 Å². The molecule has 1 saturated carbocycles. The third kappa shape index (κ3) is 2.12. The largest absolute Gasteiger partial charge is 0.479 e. The number of carboxylic acids is 1. The number of carboxylic acid groups (broad SMARTS) is 1. The van der Waals surface area contributed by atoms with Crippen LogP contribution in [0.5, 0.6) is 0 Å². The van der Waals surface area contributed by atoms with E-state index < -0.39 is 18.0 Å². The van der Waals surface area contributed by atoms with E-state index in [1.165, 1.54) is 0 Å². The number of aliphatic hydroxyl groups is 1. The number of hydrogen-bond acceptors (Lipinski definition) is 4. The van der Waals surface area contributed by atoms with Gasteiger partial charge in [0.05, 0.1) is 5.92 Å². The fourth-order valence-corrected chi connectivity index (χ4v) is 1.37. The summed E-state index contributed by atoms with van der Waals surface area (Å²) in [5.41, 5.74) is 0. The molecule has 5 heteroatoms. The van der Waals surface area contributed by atoms with E-state index in [2.05, 4.69) is 0 Å². The van der Waals surface area contributed by atoms with E-state index in [4.69, 9.17) is 10.2 Å². The Hall–Kier alpha value is -1.23. The second-order valence-corrected chi connectivity index (χ2v) is 3.10. The number of carbonyl (C=O) groups is 3. The fraction of sp³-hybridized carbons (Fsp3) is 0.625. The number of hydrogen-bond donors (Lipinski definition) is 2. The van der Waals surface area contributed by atoms with Gasteiger partial charge in [-0.1, -0.05) is 0 Å². The molecule has 0 aromatic rings. The summed E-state index contributed by atoms with van der Waals surface area (Å²) in [6.07, 6.45) is -1.67. The zero-order valence-electron chi connectivity index (χ0n) is 6.90. The monoisotopic (exact) mass is 186 g/mol. The highest BCUT2D eigenvalue weighted by Gasteiger charge is 2.36. The van der Waals surface area contributed by atoms with Crippen LogP contribution >= 0.6 is 0 Å². The molecule has 0 aliphatic heterocycles. The SMILES string of the molecule is O=C1CCC(=O)[C@@H]([C@@H](O)C(=O)O)C1. The van der Waals surface area contributed by atoms with Crippen molar-refractivity contribution in [2.75, 3.05) is 0 Å². The first-order chi connectivity index (χ1) is 6.02. The summed E-state index contributed by atoms with van der Waals surface area (Å²) < 4.78 is 0. The minimum atomic E-state index is -1.74. The first-order valence-electron chi connectivity index (χ1n) is 3.97. The molecule has 1 aliphatic rings. The van der Waals surface area contributed by atoms with Crippen LogP contribution in [0.4, 0.5) is 0 Å². The van der Waals surface area contributed by atoms with Gasteiger partial charge in [0.25, 0.3) is 0 Å². The lowest BCUT2D eigenvalue weighted by molar-refractivity contribution is -0.155. The number of aliphatic carboxylic acids is 1. The molecule has 13 heavy (non-hydrogen) atoms. The van der Waals surface area contributed by atoms with Gasteiger partial charge in [0.2, 0.25) is 0 Å². The van der Waals surface area contributed by atoms with Crippen molar-refractivity contribution in [3.8, 4) is 0 Å². The Morgan fingerprint density at radius 1 is 1.38 bits per heavy atom. The van der Waals surface area contributed by atoms with Crippen molar-refractivity contribution in [1.82, 2.24) is 0 Å². The molecule has 0 saturated heterocycles. The summed E-state index contributed by atoms with van der Waals surface area (Å²) in [4.78, 5) is 32.3. The highest BCUT2D eigenvalue weighted by molar-refractivity contribution is 5.97. The molecule has 1 fully saturated rings. The molecule has 0 heterocycles. The Labute approximate surface area is 74.4 Å². The van der Waals surface area contributed by atoms with E-state index in [-0.39, 0.29) is 30.8 Å². The van der Waals surface area contributed by atoms with Gasteiger partial charge in [0.1, 0.15) is 11.6 Å². The van der Waals surface area contributed by atoms with Crippen LogP contribution in [0.3, 0.4) is 0 Å². The van der Waals surface area contributed by atoms with E-state index in [9.17, 15) is 14.4 Å². The van der Waals surface area contributed by atoms with Crippen LogP contribution in [-0.4, -0.2) is 33.9 Å². The number of ketones is 2. The molecule has 72 valence electrons. The van der Waals surface area contributed by atoms with Crippen molar-refractivity contribution >= 4 is 17.5 Å². The van der Waals surface area contributed by atoms with Gasteiger partial charge in [0.15, 0.2) is 6.10 Å². The maximum Gasteiger partial charge on any atom is 0.333 e. The zero-order valence-corrected chi connectivity index (χ0v) is 6.90. The van der Waals surface area contributed by atoms with Crippen molar-refractivity contribution < 1.29 is 24.6 Å². The third-order valence-corrected chi connectivity index (χ3v) is 2.15.